The Kier molecular flexibility index (Phi) is 2.24. The molecule has 0 N–H and O–H groups in total. The number of hydrogen-bond acceptors (Lipinski definition) is 3. The lowest BCUT2D eigenvalue weighted by Crippen LogP contribution is -2.22. The molecule has 0 heterocycles. The van der Waals surface area contributed by atoms with Gasteiger partial charge in [-0.2, -0.15) is 0 Å². The van der Waals surface area contributed by atoms with Gasteiger partial charge in [0.25, 0.3) is 0 Å². The summed E-state index contributed by atoms with van der Waals surface area (Å²) < 4.78 is 0. The number of carbonyl (C=O) groups is 2. The van der Waals surface area contributed by atoms with E-state index in [2.05, 4.69) is 0 Å². The minimum Gasteiger partial charge on any atom is -0.545 e. The Bertz CT molecular complexity index is 278. The van der Waals surface area contributed by atoms with Crippen LogP contribution >= 0.6 is 0 Å². The molecule has 0 aliphatic rings. The Hall–Kier alpha value is -1.64. The van der Waals surface area contributed by atoms with Crippen molar-refractivity contribution in [3.63, 3.8) is 0 Å². The quantitative estimate of drug-likeness (QED) is 0.587. The maximum atomic E-state index is 10.8. The summed E-state index contributed by atoms with van der Waals surface area (Å²) in [6.45, 7) is 1.42. The van der Waals surface area contributed by atoms with E-state index in [1.165, 1.54) is 31.2 Å². The predicted molar refractivity (Wildman–Crippen MR) is 40.8 cm³/mol. The highest BCUT2D eigenvalue weighted by Gasteiger charge is 1.98. The Morgan fingerprint density at radius 3 is 1.83 bits per heavy atom. The van der Waals surface area contributed by atoms with Crippen LogP contribution in [0.3, 0.4) is 0 Å². The summed E-state index contributed by atoms with van der Waals surface area (Å²) in [6, 6.07) is 5.64. The van der Waals surface area contributed by atoms with E-state index >= 15 is 0 Å². The highest BCUT2D eigenvalue weighted by Crippen LogP contribution is 2.03. The molecule has 1 aromatic rings. The van der Waals surface area contributed by atoms with Gasteiger partial charge in [-0.25, -0.2) is 0 Å². The van der Waals surface area contributed by atoms with Gasteiger partial charge in [0.15, 0.2) is 5.78 Å². The monoisotopic (exact) mass is 163 g/mol. The second kappa shape index (κ2) is 3.17. The molecule has 0 spiro atoms. The summed E-state index contributed by atoms with van der Waals surface area (Å²) in [5, 5.41) is 10.3. The first-order valence-corrected chi connectivity index (χ1v) is 3.43. The lowest BCUT2D eigenvalue weighted by atomic mass is 10.1. The minimum absolute atomic E-state index is 0.0833. The van der Waals surface area contributed by atoms with Crippen LogP contribution < -0.4 is 5.11 Å². The molecule has 1 aromatic carbocycles. The topological polar surface area (TPSA) is 57.2 Å². The first-order chi connectivity index (χ1) is 5.61. The number of rotatable bonds is 2. The standard InChI is InChI=1S/C9H8O3/c1-6(10)7-2-4-8(5-3-7)9(11)12/h2-5H,1H3,(H,11,12)/p-1. The van der Waals surface area contributed by atoms with Crippen molar-refractivity contribution in [2.75, 3.05) is 0 Å². The summed E-state index contributed by atoms with van der Waals surface area (Å²) in [6.07, 6.45) is 0. The Morgan fingerprint density at radius 2 is 1.50 bits per heavy atom. The number of aromatic carboxylic acids is 1. The van der Waals surface area contributed by atoms with Crippen molar-refractivity contribution in [3.05, 3.63) is 35.4 Å². The van der Waals surface area contributed by atoms with Crippen LogP contribution in [0.1, 0.15) is 27.6 Å². The third kappa shape index (κ3) is 1.69. The van der Waals surface area contributed by atoms with Crippen molar-refractivity contribution in [3.8, 4) is 0 Å². The van der Waals surface area contributed by atoms with Crippen LogP contribution in [0, 0.1) is 0 Å². The predicted octanol–water partition coefficient (Wildman–Crippen LogP) is 0.253. The molecule has 3 nitrogen and oxygen atoms in total. The molecule has 12 heavy (non-hydrogen) atoms. The first-order valence-electron chi connectivity index (χ1n) is 3.43. The smallest absolute Gasteiger partial charge is 0.159 e. The van der Waals surface area contributed by atoms with Crippen molar-refractivity contribution in [2.24, 2.45) is 0 Å². The third-order valence-corrected chi connectivity index (χ3v) is 1.53. The average molecular weight is 163 g/mol. The van der Waals surface area contributed by atoms with Gasteiger partial charge in [-0.05, 0) is 12.5 Å². The summed E-state index contributed by atoms with van der Waals surface area (Å²) in [7, 11) is 0. The molecule has 0 fully saturated rings. The molecule has 0 saturated carbocycles. The molecule has 0 aliphatic carbocycles. The van der Waals surface area contributed by atoms with E-state index in [1.54, 1.807) is 0 Å². The fourth-order valence-corrected chi connectivity index (χ4v) is 0.841. The summed E-state index contributed by atoms with van der Waals surface area (Å²) in [5.41, 5.74) is 0.583. The molecule has 0 aromatic heterocycles. The van der Waals surface area contributed by atoms with Crippen LogP contribution in [-0.2, 0) is 0 Å². The van der Waals surface area contributed by atoms with Crippen LogP contribution in [-0.4, -0.2) is 11.8 Å². The normalized spacial score (nSPS) is 9.42. The van der Waals surface area contributed by atoms with E-state index in [9.17, 15) is 14.7 Å². The van der Waals surface area contributed by atoms with E-state index in [0.717, 1.165) is 0 Å². The van der Waals surface area contributed by atoms with Gasteiger partial charge < -0.3 is 9.90 Å². The van der Waals surface area contributed by atoms with E-state index in [-0.39, 0.29) is 11.3 Å². The zero-order valence-corrected chi connectivity index (χ0v) is 6.53. The summed E-state index contributed by atoms with van der Waals surface area (Å²) >= 11 is 0. The number of benzene rings is 1. The molecular weight excluding hydrogens is 156 g/mol. The molecule has 0 bridgehead atoms. The SMILES string of the molecule is CC(=O)c1ccc(C(=O)[O-])cc1. The number of carboxylic acid groups (broad SMARTS) is 1. The third-order valence-electron chi connectivity index (χ3n) is 1.53. The van der Waals surface area contributed by atoms with Gasteiger partial charge in [0.1, 0.15) is 0 Å². The molecule has 0 aliphatic heterocycles. The van der Waals surface area contributed by atoms with E-state index in [4.69, 9.17) is 0 Å². The molecule has 0 amide bonds. The molecule has 0 atom stereocenters. The van der Waals surface area contributed by atoms with Crippen molar-refractivity contribution < 1.29 is 14.7 Å². The Labute approximate surface area is 69.6 Å². The van der Waals surface area contributed by atoms with E-state index in [0.29, 0.717) is 5.56 Å². The van der Waals surface area contributed by atoms with E-state index in [1.807, 2.05) is 0 Å². The molecule has 0 radical (unpaired) electrons. The average Bonchev–Trinajstić information content (AvgIpc) is 2.04. The van der Waals surface area contributed by atoms with Gasteiger partial charge in [-0.1, -0.05) is 24.3 Å². The first kappa shape index (κ1) is 8.46. The fraction of sp³-hybridized carbons (Fsp3) is 0.111. The maximum absolute atomic E-state index is 10.8. The Balaban J connectivity index is 3.01. The van der Waals surface area contributed by atoms with Crippen molar-refractivity contribution in [2.45, 2.75) is 6.92 Å². The lowest BCUT2D eigenvalue weighted by Gasteiger charge is -2.01. The zero-order valence-electron chi connectivity index (χ0n) is 6.53. The van der Waals surface area contributed by atoms with Crippen LogP contribution in [0.5, 0.6) is 0 Å². The molecule has 0 saturated heterocycles. The summed E-state index contributed by atoms with van der Waals surface area (Å²) in [4.78, 5) is 21.0. The zero-order chi connectivity index (χ0) is 9.14. The van der Waals surface area contributed by atoms with Gasteiger partial charge in [0, 0.05) is 5.56 Å². The molecular formula is C9H7O3-. The molecule has 1 rings (SSSR count). The molecule has 3 heteroatoms. The second-order valence-corrected chi connectivity index (χ2v) is 2.42. The van der Waals surface area contributed by atoms with Crippen LogP contribution in [0.4, 0.5) is 0 Å². The number of carbonyl (C=O) groups excluding carboxylic acids is 2. The van der Waals surface area contributed by atoms with Gasteiger partial charge in [0.2, 0.25) is 0 Å². The van der Waals surface area contributed by atoms with Crippen LogP contribution in [0.15, 0.2) is 24.3 Å². The fourth-order valence-electron chi connectivity index (χ4n) is 0.841. The number of Topliss-reactive ketones (excluding diaryl/α,β-unsaturated/α-hetero) is 1. The van der Waals surface area contributed by atoms with Crippen molar-refractivity contribution in [1.29, 1.82) is 0 Å². The minimum atomic E-state index is -1.23. The number of ketones is 1. The van der Waals surface area contributed by atoms with Gasteiger partial charge in [-0.3, -0.25) is 4.79 Å². The summed E-state index contributed by atoms with van der Waals surface area (Å²) in [5.74, 6) is -1.31. The van der Waals surface area contributed by atoms with E-state index < -0.39 is 5.97 Å². The van der Waals surface area contributed by atoms with Gasteiger partial charge in [-0.15, -0.1) is 0 Å². The molecule has 62 valence electrons. The van der Waals surface area contributed by atoms with Crippen molar-refractivity contribution >= 4 is 11.8 Å². The maximum Gasteiger partial charge on any atom is 0.159 e. The number of carboxylic acids is 1. The highest BCUT2D eigenvalue weighted by atomic mass is 16.4. The lowest BCUT2D eigenvalue weighted by molar-refractivity contribution is -0.255. The van der Waals surface area contributed by atoms with Gasteiger partial charge >= 0.3 is 0 Å². The highest BCUT2D eigenvalue weighted by molar-refractivity contribution is 5.95. The number of hydrogen-bond donors (Lipinski definition) is 0. The second-order valence-electron chi connectivity index (χ2n) is 2.42. The van der Waals surface area contributed by atoms with Crippen LogP contribution in [0.25, 0.3) is 0 Å². The van der Waals surface area contributed by atoms with Gasteiger partial charge in [0.05, 0.1) is 5.97 Å². The van der Waals surface area contributed by atoms with Crippen molar-refractivity contribution in [1.82, 2.24) is 0 Å². The largest absolute Gasteiger partial charge is 0.545 e. The Morgan fingerprint density at radius 1 is 1.08 bits per heavy atom. The molecule has 0 unspecified atom stereocenters. The van der Waals surface area contributed by atoms with Crippen LogP contribution in [0.2, 0.25) is 0 Å².